The number of rotatable bonds is 4. The Bertz CT molecular complexity index is 714. The van der Waals surface area contributed by atoms with Crippen LogP contribution in [0.25, 0.3) is 0 Å². The number of benzene rings is 2. The maximum absolute atomic E-state index is 11.9. The fourth-order valence-corrected chi connectivity index (χ4v) is 2.04. The van der Waals surface area contributed by atoms with Gasteiger partial charge in [0.25, 0.3) is 5.91 Å². The highest BCUT2D eigenvalue weighted by Crippen LogP contribution is 2.41. The first-order chi connectivity index (χ1) is 10.8. The van der Waals surface area contributed by atoms with Crippen LogP contribution in [0.1, 0.15) is 15.9 Å². The molecule has 0 saturated heterocycles. The first kappa shape index (κ1) is 13.9. The molecule has 0 radical (unpaired) electrons. The van der Waals surface area contributed by atoms with Gasteiger partial charge >= 0.3 is 0 Å². The third-order valence-corrected chi connectivity index (χ3v) is 3.10. The van der Waals surface area contributed by atoms with Crippen LogP contribution in [0, 0.1) is 0 Å². The Morgan fingerprint density at radius 2 is 2.09 bits per heavy atom. The minimum Gasteiger partial charge on any atom is -0.493 e. The van der Waals surface area contributed by atoms with E-state index < -0.39 is 0 Å². The van der Waals surface area contributed by atoms with Gasteiger partial charge in [0.05, 0.1) is 13.3 Å². The van der Waals surface area contributed by atoms with Crippen LogP contribution in [0.4, 0.5) is 0 Å². The summed E-state index contributed by atoms with van der Waals surface area (Å²) in [6, 6.07) is 12.4. The third-order valence-electron chi connectivity index (χ3n) is 3.10. The first-order valence-electron chi connectivity index (χ1n) is 6.64. The van der Waals surface area contributed by atoms with Crippen molar-refractivity contribution in [2.75, 3.05) is 13.9 Å². The lowest BCUT2D eigenvalue weighted by Crippen LogP contribution is -2.17. The van der Waals surface area contributed by atoms with Gasteiger partial charge in [-0.05, 0) is 24.3 Å². The van der Waals surface area contributed by atoms with Crippen molar-refractivity contribution in [2.45, 2.75) is 0 Å². The molecule has 1 N–H and O–H groups in total. The molecule has 0 atom stereocenters. The van der Waals surface area contributed by atoms with E-state index in [0.29, 0.717) is 22.8 Å². The van der Waals surface area contributed by atoms with E-state index >= 15 is 0 Å². The van der Waals surface area contributed by atoms with Crippen molar-refractivity contribution >= 4 is 12.1 Å². The van der Waals surface area contributed by atoms with E-state index in [1.807, 2.05) is 6.07 Å². The van der Waals surface area contributed by atoms with Crippen molar-refractivity contribution in [3.05, 3.63) is 53.6 Å². The predicted molar refractivity (Wildman–Crippen MR) is 80.6 cm³/mol. The highest BCUT2D eigenvalue weighted by atomic mass is 16.7. The summed E-state index contributed by atoms with van der Waals surface area (Å²) in [6.45, 7) is 0.164. The van der Waals surface area contributed by atoms with Crippen LogP contribution in [0.2, 0.25) is 0 Å². The summed E-state index contributed by atoms with van der Waals surface area (Å²) in [5.41, 5.74) is 3.75. The number of hydrogen-bond acceptors (Lipinski definition) is 5. The fraction of sp³-hybridized carbons (Fsp3) is 0.125. The summed E-state index contributed by atoms with van der Waals surface area (Å²) in [7, 11) is 1.55. The van der Waals surface area contributed by atoms with Crippen LogP contribution in [0.5, 0.6) is 17.2 Å². The van der Waals surface area contributed by atoms with Crippen LogP contribution in [0.15, 0.2) is 47.6 Å². The zero-order chi connectivity index (χ0) is 15.4. The molecule has 22 heavy (non-hydrogen) atoms. The maximum Gasteiger partial charge on any atom is 0.271 e. The Hall–Kier alpha value is -3.02. The normalized spacial score (nSPS) is 12.4. The quantitative estimate of drug-likeness (QED) is 0.694. The molecule has 0 unspecified atom stereocenters. The molecule has 1 heterocycles. The van der Waals surface area contributed by atoms with Gasteiger partial charge in [0.1, 0.15) is 0 Å². The van der Waals surface area contributed by atoms with Gasteiger partial charge in [0, 0.05) is 11.1 Å². The summed E-state index contributed by atoms with van der Waals surface area (Å²) in [5, 5.41) is 3.94. The lowest BCUT2D eigenvalue weighted by Gasteiger charge is -2.05. The van der Waals surface area contributed by atoms with Crippen molar-refractivity contribution in [1.29, 1.82) is 0 Å². The molecular formula is C16H14N2O4. The molecule has 0 aliphatic carbocycles. The van der Waals surface area contributed by atoms with Gasteiger partial charge in [-0.15, -0.1) is 0 Å². The van der Waals surface area contributed by atoms with Crippen LogP contribution in [-0.4, -0.2) is 26.0 Å². The second kappa shape index (κ2) is 6.17. The van der Waals surface area contributed by atoms with Crippen molar-refractivity contribution in [1.82, 2.24) is 5.43 Å². The average molecular weight is 298 g/mol. The largest absolute Gasteiger partial charge is 0.493 e. The molecule has 0 aromatic heterocycles. The number of carbonyl (C=O) groups is 1. The number of methoxy groups -OCH3 is 1. The Morgan fingerprint density at radius 1 is 1.27 bits per heavy atom. The molecule has 1 aliphatic rings. The van der Waals surface area contributed by atoms with E-state index in [4.69, 9.17) is 14.2 Å². The summed E-state index contributed by atoms with van der Waals surface area (Å²) >= 11 is 0. The lowest BCUT2D eigenvalue weighted by atomic mass is 10.2. The number of hydrazone groups is 1. The molecule has 0 fully saturated rings. The minimum absolute atomic E-state index is 0.164. The monoisotopic (exact) mass is 298 g/mol. The van der Waals surface area contributed by atoms with Crippen LogP contribution < -0.4 is 19.6 Å². The first-order valence-corrected chi connectivity index (χ1v) is 6.64. The van der Waals surface area contributed by atoms with Gasteiger partial charge in [-0.2, -0.15) is 5.10 Å². The second-order valence-corrected chi connectivity index (χ2v) is 4.52. The zero-order valence-corrected chi connectivity index (χ0v) is 11.9. The van der Waals surface area contributed by atoms with E-state index in [1.54, 1.807) is 43.5 Å². The molecule has 0 bridgehead atoms. The van der Waals surface area contributed by atoms with E-state index in [0.717, 1.165) is 5.56 Å². The SMILES string of the molecule is COc1cc(/C=N\NC(=O)c2ccccc2)cc2c1OCO2. The van der Waals surface area contributed by atoms with E-state index in [1.165, 1.54) is 6.21 Å². The number of hydrogen-bond donors (Lipinski definition) is 1. The molecular weight excluding hydrogens is 284 g/mol. The number of ether oxygens (including phenoxy) is 3. The van der Waals surface area contributed by atoms with Gasteiger partial charge in [-0.3, -0.25) is 4.79 Å². The van der Waals surface area contributed by atoms with E-state index in [9.17, 15) is 4.79 Å². The second-order valence-electron chi connectivity index (χ2n) is 4.52. The predicted octanol–water partition coefficient (Wildman–Crippen LogP) is 2.19. The molecule has 0 saturated carbocycles. The summed E-state index contributed by atoms with van der Waals surface area (Å²) in [4.78, 5) is 11.9. The molecule has 2 aromatic rings. The molecule has 6 heteroatoms. The standard InChI is InChI=1S/C16H14N2O4/c1-20-13-7-11(8-14-15(13)22-10-21-14)9-17-18-16(19)12-5-3-2-4-6-12/h2-9H,10H2,1H3,(H,18,19)/b17-9-. The zero-order valence-electron chi connectivity index (χ0n) is 11.9. The Balaban J connectivity index is 1.72. The number of nitrogens with one attached hydrogen (secondary N) is 1. The Labute approximate surface area is 127 Å². The van der Waals surface area contributed by atoms with Gasteiger partial charge in [-0.25, -0.2) is 5.43 Å². The maximum atomic E-state index is 11.9. The molecule has 1 amide bonds. The number of fused-ring (bicyclic) bond motifs is 1. The van der Waals surface area contributed by atoms with Crippen LogP contribution >= 0.6 is 0 Å². The average Bonchev–Trinajstić information content (AvgIpc) is 3.03. The smallest absolute Gasteiger partial charge is 0.271 e. The van der Waals surface area contributed by atoms with E-state index in [2.05, 4.69) is 10.5 Å². The number of amides is 1. The minimum atomic E-state index is -0.274. The van der Waals surface area contributed by atoms with Gasteiger partial charge in [0.15, 0.2) is 11.5 Å². The van der Waals surface area contributed by atoms with Crippen LogP contribution in [-0.2, 0) is 0 Å². The Morgan fingerprint density at radius 3 is 2.86 bits per heavy atom. The van der Waals surface area contributed by atoms with E-state index in [-0.39, 0.29) is 12.7 Å². The molecule has 1 aliphatic heterocycles. The van der Waals surface area contributed by atoms with Gasteiger partial charge < -0.3 is 14.2 Å². The highest BCUT2D eigenvalue weighted by molar-refractivity contribution is 5.94. The summed E-state index contributed by atoms with van der Waals surface area (Å²) < 4.78 is 15.9. The number of nitrogens with zero attached hydrogens (tertiary/aromatic N) is 1. The van der Waals surface area contributed by atoms with Gasteiger partial charge in [0.2, 0.25) is 12.5 Å². The topological polar surface area (TPSA) is 69.2 Å². The molecule has 3 rings (SSSR count). The van der Waals surface area contributed by atoms with Crippen LogP contribution in [0.3, 0.4) is 0 Å². The lowest BCUT2D eigenvalue weighted by molar-refractivity contribution is 0.0955. The molecule has 6 nitrogen and oxygen atoms in total. The molecule has 0 spiro atoms. The van der Waals surface area contributed by atoms with Crippen molar-refractivity contribution in [3.8, 4) is 17.2 Å². The molecule has 2 aromatic carbocycles. The van der Waals surface area contributed by atoms with Crippen molar-refractivity contribution in [3.63, 3.8) is 0 Å². The molecule has 112 valence electrons. The summed E-state index contributed by atoms with van der Waals surface area (Å²) in [5.74, 6) is 1.46. The summed E-state index contributed by atoms with van der Waals surface area (Å²) in [6.07, 6.45) is 1.52. The van der Waals surface area contributed by atoms with Gasteiger partial charge in [-0.1, -0.05) is 18.2 Å². The third kappa shape index (κ3) is 2.85. The fourth-order valence-electron chi connectivity index (χ4n) is 2.04. The van der Waals surface area contributed by atoms with Crippen molar-refractivity contribution < 1.29 is 19.0 Å². The number of carbonyl (C=O) groups excluding carboxylic acids is 1. The highest BCUT2D eigenvalue weighted by Gasteiger charge is 2.19. The van der Waals surface area contributed by atoms with Crippen molar-refractivity contribution in [2.24, 2.45) is 5.10 Å². The Kier molecular flexibility index (Phi) is 3.91.